The second-order valence-electron chi connectivity index (χ2n) is 7.14. The number of aryl methyl sites for hydroxylation is 1. The molecular weight excluding hydrogens is 333 g/mol. The van der Waals surface area contributed by atoms with Crippen molar-refractivity contribution >= 4 is 5.91 Å². The number of carbonyl (C=O) groups is 1. The first-order valence-corrected chi connectivity index (χ1v) is 9.17. The lowest BCUT2D eigenvalue weighted by molar-refractivity contribution is -0.133. The molecule has 6 heteroatoms. The van der Waals surface area contributed by atoms with Gasteiger partial charge in [0.1, 0.15) is 5.82 Å². The standard InChI is InChI=1S/C20H22FN3O2/c1-13-11-18(26-17-7-3-2-6-16(17)21)23-19(22-13)15-5-4-10-24(12-15)20(25)14-8-9-14/h2-3,6-7,11,14-15H,4-5,8-10,12H2,1H3/t15-/m1/s1. The Morgan fingerprint density at radius 2 is 2.04 bits per heavy atom. The summed E-state index contributed by atoms with van der Waals surface area (Å²) < 4.78 is 19.5. The number of para-hydroxylation sites is 1. The van der Waals surface area contributed by atoms with Gasteiger partial charge in [-0.25, -0.2) is 9.37 Å². The molecule has 26 heavy (non-hydrogen) atoms. The van der Waals surface area contributed by atoms with Crippen LogP contribution >= 0.6 is 0 Å². The topological polar surface area (TPSA) is 55.3 Å². The van der Waals surface area contributed by atoms with Crippen molar-refractivity contribution in [1.82, 2.24) is 14.9 Å². The van der Waals surface area contributed by atoms with Crippen LogP contribution in [-0.2, 0) is 4.79 Å². The van der Waals surface area contributed by atoms with Gasteiger partial charge >= 0.3 is 0 Å². The van der Waals surface area contributed by atoms with E-state index in [-0.39, 0.29) is 23.5 Å². The van der Waals surface area contributed by atoms with E-state index in [0.29, 0.717) is 18.2 Å². The predicted molar refractivity (Wildman–Crippen MR) is 94.5 cm³/mol. The normalized spacial score (nSPS) is 20.1. The molecule has 1 amide bonds. The van der Waals surface area contributed by atoms with Gasteiger partial charge in [0.15, 0.2) is 11.6 Å². The summed E-state index contributed by atoms with van der Waals surface area (Å²) in [6.07, 6.45) is 3.92. The number of nitrogens with zero attached hydrogens (tertiary/aromatic N) is 3. The van der Waals surface area contributed by atoms with Crippen molar-refractivity contribution in [3.05, 3.63) is 47.7 Å². The number of piperidine rings is 1. The van der Waals surface area contributed by atoms with Crippen LogP contribution in [0.25, 0.3) is 0 Å². The highest BCUT2D eigenvalue weighted by Crippen LogP contribution is 2.34. The maximum absolute atomic E-state index is 13.8. The van der Waals surface area contributed by atoms with Crippen LogP contribution in [0.5, 0.6) is 11.6 Å². The van der Waals surface area contributed by atoms with Crippen LogP contribution in [-0.4, -0.2) is 33.9 Å². The summed E-state index contributed by atoms with van der Waals surface area (Å²) in [6, 6.07) is 7.96. The molecule has 4 rings (SSSR count). The zero-order valence-electron chi connectivity index (χ0n) is 14.8. The van der Waals surface area contributed by atoms with E-state index in [1.807, 2.05) is 11.8 Å². The smallest absolute Gasteiger partial charge is 0.225 e. The van der Waals surface area contributed by atoms with Crippen LogP contribution in [0.1, 0.15) is 43.1 Å². The highest BCUT2D eigenvalue weighted by atomic mass is 19.1. The first-order chi connectivity index (χ1) is 12.6. The molecule has 1 saturated carbocycles. The molecule has 0 unspecified atom stereocenters. The van der Waals surface area contributed by atoms with E-state index in [4.69, 9.17) is 4.74 Å². The number of likely N-dealkylation sites (tertiary alicyclic amines) is 1. The van der Waals surface area contributed by atoms with E-state index in [0.717, 1.165) is 37.9 Å². The Morgan fingerprint density at radius 3 is 2.81 bits per heavy atom. The van der Waals surface area contributed by atoms with Crippen LogP contribution < -0.4 is 4.74 Å². The van der Waals surface area contributed by atoms with Crippen LogP contribution in [0.4, 0.5) is 4.39 Å². The lowest BCUT2D eigenvalue weighted by Gasteiger charge is -2.32. The van der Waals surface area contributed by atoms with Gasteiger partial charge in [-0.05, 0) is 44.7 Å². The van der Waals surface area contributed by atoms with Crippen molar-refractivity contribution in [1.29, 1.82) is 0 Å². The van der Waals surface area contributed by atoms with Crippen LogP contribution in [0, 0.1) is 18.7 Å². The number of amides is 1. The molecule has 1 aromatic carbocycles. The van der Waals surface area contributed by atoms with Gasteiger partial charge in [-0.15, -0.1) is 0 Å². The molecule has 0 N–H and O–H groups in total. The molecule has 0 spiro atoms. The van der Waals surface area contributed by atoms with E-state index < -0.39 is 5.82 Å². The highest BCUT2D eigenvalue weighted by molar-refractivity contribution is 5.81. The Bertz CT molecular complexity index is 822. The van der Waals surface area contributed by atoms with Crippen LogP contribution in [0.3, 0.4) is 0 Å². The molecular formula is C20H22FN3O2. The summed E-state index contributed by atoms with van der Waals surface area (Å²) in [5.74, 6) is 1.31. The maximum Gasteiger partial charge on any atom is 0.225 e. The average molecular weight is 355 g/mol. The van der Waals surface area contributed by atoms with Gasteiger partial charge in [0.25, 0.3) is 0 Å². The minimum atomic E-state index is -0.427. The van der Waals surface area contributed by atoms with Crippen LogP contribution in [0.2, 0.25) is 0 Å². The lowest BCUT2D eigenvalue weighted by atomic mass is 9.96. The third-order valence-electron chi connectivity index (χ3n) is 4.92. The first-order valence-electron chi connectivity index (χ1n) is 9.17. The SMILES string of the molecule is Cc1cc(Oc2ccccc2F)nc([C@@H]2CCCN(C(=O)C3CC3)C2)n1. The number of halogens is 1. The van der Waals surface area contributed by atoms with Crippen molar-refractivity contribution in [2.24, 2.45) is 5.92 Å². The van der Waals surface area contributed by atoms with E-state index in [2.05, 4.69) is 9.97 Å². The quantitative estimate of drug-likeness (QED) is 0.836. The third-order valence-corrected chi connectivity index (χ3v) is 4.92. The molecule has 5 nitrogen and oxygen atoms in total. The van der Waals surface area contributed by atoms with E-state index >= 15 is 0 Å². The fourth-order valence-electron chi connectivity index (χ4n) is 3.41. The molecule has 0 bridgehead atoms. The molecule has 1 aliphatic carbocycles. The summed E-state index contributed by atoms with van der Waals surface area (Å²) in [6.45, 7) is 3.34. The number of benzene rings is 1. The summed E-state index contributed by atoms with van der Waals surface area (Å²) in [7, 11) is 0. The van der Waals surface area contributed by atoms with Crippen LogP contribution in [0.15, 0.2) is 30.3 Å². The monoisotopic (exact) mass is 355 g/mol. The fraction of sp³-hybridized carbons (Fsp3) is 0.450. The van der Waals surface area contributed by atoms with Gasteiger partial charge in [0.05, 0.1) is 0 Å². The van der Waals surface area contributed by atoms with Crippen molar-refractivity contribution in [3.63, 3.8) is 0 Å². The number of carbonyl (C=O) groups excluding carboxylic acids is 1. The summed E-state index contributed by atoms with van der Waals surface area (Å²) >= 11 is 0. The Hall–Kier alpha value is -2.50. The van der Waals surface area contributed by atoms with E-state index in [9.17, 15) is 9.18 Å². The molecule has 136 valence electrons. The molecule has 2 aliphatic rings. The minimum Gasteiger partial charge on any atom is -0.436 e. The molecule has 2 fully saturated rings. The van der Waals surface area contributed by atoms with Crippen molar-refractivity contribution < 1.29 is 13.9 Å². The Morgan fingerprint density at radius 1 is 1.23 bits per heavy atom. The molecule has 1 saturated heterocycles. The summed E-state index contributed by atoms with van der Waals surface area (Å²) in [5.41, 5.74) is 0.770. The average Bonchev–Trinajstić information content (AvgIpc) is 3.48. The molecule has 1 atom stereocenters. The van der Waals surface area contributed by atoms with Crippen molar-refractivity contribution in [3.8, 4) is 11.6 Å². The number of rotatable bonds is 4. The molecule has 2 aromatic rings. The minimum absolute atomic E-state index is 0.0920. The number of ether oxygens (including phenoxy) is 1. The second-order valence-corrected chi connectivity index (χ2v) is 7.14. The van der Waals surface area contributed by atoms with Crippen molar-refractivity contribution in [2.45, 2.75) is 38.5 Å². The Kier molecular flexibility index (Phi) is 4.57. The molecule has 0 radical (unpaired) electrons. The third kappa shape index (κ3) is 3.69. The van der Waals surface area contributed by atoms with Gasteiger partial charge in [0, 0.05) is 36.7 Å². The van der Waals surface area contributed by atoms with E-state index in [1.165, 1.54) is 6.07 Å². The van der Waals surface area contributed by atoms with Gasteiger partial charge in [0.2, 0.25) is 11.8 Å². The van der Waals surface area contributed by atoms with Gasteiger partial charge < -0.3 is 9.64 Å². The zero-order chi connectivity index (χ0) is 18.1. The number of aromatic nitrogens is 2. The maximum atomic E-state index is 13.8. The lowest BCUT2D eigenvalue weighted by Crippen LogP contribution is -2.40. The summed E-state index contributed by atoms with van der Waals surface area (Å²) in [5, 5.41) is 0. The van der Waals surface area contributed by atoms with Gasteiger partial charge in [-0.1, -0.05) is 12.1 Å². The molecule has 1 aliphatic heterocycles. The predicted octanol–water partition coefficient (Wildman–Crippen LogP) is 3.83. The summed E-state index contributed by atoms with van der Waals surface area (Å²) in [4.78, 5) is 23.4. The van der Waals surface area contributed by atoms with Gasteiger partial charge in [-0.2, -0.15) is 4.98 Å². The van der Waals surface area contributed by atoms with Crippen molar-refractivity contribution in [2.75, 3.05) is 13.1 Å². The molecule has 1 aromatic heterocycles. The zero-order valence-corrected chi connectivity index (χ0v) is 14.8. The largest absolute Gasteiger partial charge is 0.436 e. The van der Waals surface area contributed by atoms with Gasteiger partial charge in [-0.3, -0.25) is 4.79 Å². The van der Waals surface area contributed by atoms with E-state index in [1.54, 1.807) is 24.3 Å². The number of hydrogen-bond donors (Lipinski definition) is 0. The fourth-order valence-corrected chi connectivity index (χ4v) is 3.41. The number of hydrogen-bond acceptors (Lipinski definition) is 4. The highest BCUT2D eigenvalue weighted by Gasteiger charge is 2.36. The Labute approximate surface area is 152 Å². The molecule has 2 heterocycles. The second kappa shape index (κ2) is 7.02. The first kappa shape index (κ1) is 16.9. The Balaban J connectivity index is 1.53.